The van der Waals surface area contributed by atoms with E-state index in [1.54, 1.807) is 18.2 Å². The van der Waals surface area contributed by atoms with E-state index < -0.39 is 0 Å². The molecule has 0 aromatic heterocycles. The topological polar surface area (TPSA) is 38.3 Å². The lowest BCUT2D eigenvalue weighted by molar-refractivity contribution is 0.102. The highest BCUT2D eigenvalue weighted by atomic mass is 19.1. The number of amides is 1. The summed E-state index contributed by atoms with van der Waals surface area (Å²) in [7, 11) is 0. The number of halogens is 1. The maximum Gasteiger partial charge on any atom is 0.255 e. The normalized spacial score (nSPS) is 10.0. The second kappa shape index (κ2) is 6.70. The van der Waals surface area contributed by atoms with Gasteiger partial charge in [0.05, 0.1) is 5.69 Å². The van der Waals surface area contributed by atoms with E-state index in [1.165, 1.54) is 24.3 Å². The van der Waals surface area contributed by atoms with Gasteiger partial charge in [-0.1, -0.05) is 18.7 Å². The molecule has 0 heterocycles. The highest BCUT2D eigenvalue weighted by Crippen LogP contribution is 2.24. The molecule has 2 aromatic carbocycles. The van der Waals surface area contributed by atoms with Crippen molar-refractivity contribution < 1.29 is 13.9 Å². The number of rotatable bonds is 5. The van der Waals surface area contributed by atoms with Crippen molar-refractivity contribution in [3.05, 3.63) is 72.1 Å². The van der Waals surface area contributed by atoms with Crippen molar-refractivity contribution in [1.29, 1.82) is 0 Å². The molecule has 2 rings (SSSR count). The molecule has 0 spiro atoms. The van der Waals surface area contributed by atoms with Crippen LogP contribution in [0.2, 0.25) is 0 Å². The van der Waals surface area contributed by atoms with Crippen LogP contribution in [-0.2, 0) is 0 Å². The summed E-state index contributed by atoms with van der Waals surface area (Å²) in [6.45, 7) is 6.01. The molecule has 0 fully saturated rings. The van der Waals surface area contributed by atoms with Gasteiger partial charge in [-0.2, -0.15) is 0 Å². The zero-order valence-electron chi connectivity index (χ0n) is 11.7. The quantitative estimate of drug-likeness (QED) is 0.842. The Morgan fingerprint density at radius 2 is 1.86 bits per heavy atom. The summed E-state index contributed by atoms with van der Waals surface area (Å²) in [5, 5.41) is 2.75. The van der Waals surface area contributed by atoms with Gasteiger partial charge in [0.1, 0.15) is 18.2 Å². The zero-order valence-corrected chi connectivity index (χ0v) is 11.7. The number of benzene rings is 2. The Hall–Kier alpha value is -2.62. The zero-order chi connectivity index (χ0) is 15.2. The van der Waals surface area contributed by atoms with Crippen LogP contribution in [0.1, 0.15) is 17.3 Å². The van der Waals surface area contributed by atoms with E-state index in [9.17, 15) is 9.18 Å². The van der Waals surface area contributed by atoms with Crippen molar-refractivity contribution >= 4 is 11.6 Å². The molecule has 0 aliphatic carbocycles. The van der Waals surface area contributed by atoms with Gasteiger partial charge >= 0.3 is 0 Å². The lowest BCUT2D eigenvalue weighted by Crippen LogP contribution is -2.13. The number of carbonyl (C=O) groups is 1. The third-order valence-corrected chi connectivity index (χ3v) is 2.72. The van der Waals surface area contributed by atoms with Crippen LogP contribution in [0.4, 0.5) is 10.1 Å². The van der Waals surface area contributed by atoms with E-state index in [0.29, 0.717) is 23.6 Å². The molecular weight excluding hydrogens is 269 g/mol. The Labute approximate surface area is 123 Å². The fourth-order valence-corrected chi connectivity index (χ4v) is 1.69. The van der Waals surface area contributed by atoms with Crippen molar-refractivity contribution in [2.45, 2.75) is 6.92 Å². The first-order valence-corrected chi connectivity index (χ1v) is 6.49. The molecule has 4 heteroatoms. The van der Waals surface area contributed by atoms with Crippen LogP contribution in [0.3, 0.4) is 0 Å². The average molecular weight is 285 g/mol. The van der Waals surface area contributed by atoms with E-state index in [2.05, 4.69) is 11.9 Å². The second-order valence-electron chi connectivity index (χ2n) is 4.70. The van der Waals surface area contributed by atoms with E-state index in [0.717, 1.165) is 5.57 Å². The minimum atomic E-state index is -0.378. The number of hydrogen-bond acceptors (Lipinski definition) is 2. The molecule has 0 aliphatic heterocycles. The summed E-state index contributed by atoms with van der Waals surface area (Å²) in [4.78, 5) is 12.1. The fraction of sp³-hybridized carbons (Fsp3) is 0.118. The van der Waals surface area contributed by atoms with E-state index in [-0.39, 0.29) is 11.7 Å². The van der Waals surface area contributed by atoms with Crippen LogP contribution in [0.5, 0.6) is 5.75 Å². The number of anilines is 1. The first-order valence-electron chi connectivity index (χ1n) is 6.49. The summed E-state index contributed by atoms with van der Waals surface area (Å²) < 4.78 is 18.4. The highest BCUT2D eigenvalue weighted by molar-refractivity contribution is 6.04. The van der Waals surface area contributed by atoms with Gasteiger partial charge in [-0.3, -0.25) is 4.79 Å². The van der Waals surface area contributed by atoms with Gasteiger partial charge in [-0.15, -0.1) is 0 Å². The maximum absolute atomic E-state index is 12.9. The largest absolute Gasteiger partial charge is 0.487 e. The predicted octanol–water partition coefficient (Wildman–Crippen LogP) is 4.03. The standard InChI is InChI=1S/C17H16FNO2/c1-12(2)11-21-16-6-4-3-5-15(16)19-17(20)13-7-9-14(18)10-8-13/h3-10H,1,11H2,2H3,(H,19,20). The van der Waals surface area contributed by atoms with E-state index in [1.807, 2.05) is 13.0 Å². The molecule has 0 radical (unpaired) electrons. The summed E-state index contributed by atoms with van der Waals surface area (Å²) >= 11 is 0. The van der Waals surface area contributed by atoms with E-state index in [4.69, 9.17) is 4.74 Å². The lowest BCUT2D eigenvalue weighted by Gasteiger charge is -2.12. The van der Waals surface area contributed by atoms with Gasteiger partial charge in [-0.25, -0.2) is 4.39 Å². The van der Waals surface area contributed by atoms with Gasteiger partial charge in [0.25, 0.3) is 5.91 Å². The number of nitrogens with one attached hydrogen (secondary N) is 1. The van der Waals surface area contributed by atoms with Gasteiger partial charge < -0.3 is 10.1 Å². The molecule has 3 nitrogen and oxygen atoms in total. The minimum Gasteiger partial charge on any atom is -0.487 e. The molecule has 0 unspecified atom stereocenters. The molecular formula is C17H16FNO2. The Morgan fingerprint density at radius 1 is 1.19 bits per heavy atom. The molecule has 0 saturated carbocycles. The minimum absolute atomic E-state index is 0.318. The van der Waals surface area contributed by atoms with Gasteiger partial charge in [0.2, 0.25) is 0 Å². The third kappa shape index (κ3) is 4.18. The molecule has 1 N–H and O–H groups in total. The Bertz CT molecular complexity index is 650. The van der Waals surface area contributed by atoms with Gasteiger partial charge in [0, 0.05) is 5.56 Å². The molecule has 21 heavy (non-hydrogen) atoms. The Morgan fingerprint density at radius 3 is 2.52 bits per heavy atom. The monoisotopic (exact) mass is 285 g/mol. The van der Waals surface area contributed by atoms with Crippen molar-refractivity contribution in [2.24, 2.45) is 0 Å². The van der Waals surface area contributed by atoms with Crippen LogP contribution in [-0.4, -0.2) is 12.5 Å². The Kier molecular flexibility index (Phi) is 4.72. The molecule has 0 bridgehead atoms. The van der Waals surface area contributed by atoms with Gasteiger partial charge in [-0.05, 0) is 48.9 Å². The number of carbonyl (C=O) groups excluding carboxylic acids is 1. The molecule has 2 aromatic rings. The lowest BCUT2D eigenvalue weighted by atomic mass is 10.2. The Balaban J connectivity index is 2.13. The predicted molar refractivity (Wildman–Crippen MR) is 81.1 cm³/mol. The number of hydrogen-bond donors (Lipinski definition) is 1. The van der Waals surface area contributed by atoms with Crippen molar-refractivity contribution in [3.63, 3.8) is 0 Å². The second-order valence-corrected chi connectivity index (χ2v) is 4.70. The summed E-state index contributed by atoms with van der Waals surface area (Å²) in [5.74, 6) is -0.130. The molecule has 108 valence electrons. The molecule has 0 atom stereocenters. The summed E-state index contributed by atoms with van der Waals surface area (Å²) in [6.07, 6.45) is 0. The maximum atomic E-state index is 12.9. The summed E-state index contributed by atoms with van der Waals surface area (Å²) in [5.41, 5.74) is 1.83. The first kappa shape index (κ1) is 14.8. The van der Waals surface area contributed by atoms with Crippen molar-refractivity contribution in [3.8, 4) is 5.75 Å². The number of ether oxygens (including phenoxy) is 1. The van der Waals surface area contributed by atoms with E-state index >= 15 is 0 Å². The van der Waals surface area contributed by atoms with Gasteiger partial charge in [0.15, 0.2) is 0 Å². The van der Waals surface area contributed by atoms with Crippen LogP contribution in [0.25, 0.3) is 0 Å². The van der Waals surface area contributed by atoms with Crippen LogP contribution < -0.4 is 10.1 Å². The summed E-state index contributed by atoms with van der Waals surface area (Å²) in [6, 6.07) is 12.5. The molecule has 0 aliphatic rings. The van der Waals surface area contributed by atoms with Crippen LogP contribution in [0, 0.1) is 5.82 Å². The van der Waals surface area contributed by atoms with Crippen LogP contribution in [0.15, 0.2) is 60.7 Å². The van der Waals surface area contributed by atoms with Crippen LogP contribution >= 0.6 is 0 Å². The average Bonchev–Trinajstić information content (AvgIpc) is 2.47. The molecule has 1 amide bonds. The van der Waals surface area contributed by atoms with Crippen molar-refractivity contribution in [1.82, 2.24) is 0 Å². The first-order chi connectivity index (χ1) is 10.1. The third-order valence-electron chi connectivity index (χ3n) is 2.72. The smallest absolute Gasteiger partial charge is 0.255 e. The highest BCUT2D eigenvalue weighted by Gasteiger charge is 2.09. The SMILES string of the molecule is C=C(C)COc1ccccc1NC(=O)c1ccc(F)cc1. The molecule has 0 saturated heterocycles. The fourth-order valence-electron chi connectivity index (χ4n) is 1.69. The van der Waals surface area contributed by atoms with Crippen molar-refractivity contribution in [2.75, 3.05) is 11.9 Å². The number of para-hydroxylation sites is 2.